The minimum Gasteiger partial charge on any atom is -0.379 e. The third-order valence-corrected chi connectivity index (χ3v) is 2.44. The molecule has 0 bridgehead atoms. The molecule has 2 heterocycles. The minimum atomic E-state index is 0.786. The van der Waals surface area contributed by atoms with Crippen molar-refractivity contribution < 1.29 is 4.74 Å². The highest BCUT2D eigenvalue weighted by molar-refractivity contribution is 9.10. The average Bonchev–Trinajstić information content (AvgIpc) is 2.19. The van der Waals surface area contributed by atoms with E-state index < -0.39 is 0 Å². The van der Waals surface area contributed by atoms with Crippen molar-refractivity contribution in [2.75, 3.05) is 31.7 Å². The van der Waals surface area contributed by atoms with Crippen molar-refractivity contribution in [3.05, 3.63) is 22.9 Å². The summed E-state index contributed by atoms with van der Waals surface area (Å²) in [7, 11) is 0. The highest BCUT2D eigenvalue weighted by atomic mass is 79.9. The van der Waals surface area contributed by atoms with Crippen molar-refractivity contribution in [3.63, 3.8) is 0 Å². The fourth-order valence-corrected chi connectivity index (χ4v) is 1.70. The lowest BCUT2D eigenvalue weighted by Gasteiger charge is -2.27. The van der Waals surface area contributed by atoms with Crippen LogP contribution in [-0.2, 0) is 4.74 Å². The topological polar surface area (TPSA) is 37.4 Å². The van der Waals surface area contributed by atoms with E-state index >= 15 is 0 Å². The highest BCUT2D eigenvalue weighted by Crippen LogP contribution is 2.14. The quantitative estimate of drug-likeness (QED) is 0.872. The molecule has 1 aromatic heterocycles. The zero-order valence-electron chi connectivity index (χ0n) is 7.74. The molecule has 0 aromatic carbocycles. The Balaban J connectivity index is 1.95. The number of nitrogens with zero attached hydrogens (tertiary/aromatic N) is 2. The summed E-state index contributed by atoms with van der Waals surface area (Å²) in [4.78, 5) is 4.08. The van der Waals surface area contributed by atoms with Crippen molar-refractivity contribution in [1.29, 1.82) is 0 Å². The third kappa shape index (κ3) is 2.67. The van der Waals surface area contributed by atoms with Gasteiger partial charge in [-0.1, -0.05) is 0 Å². The normalized spacial score (nSPS) is 18.1. The predicted octanol–water partition coefficient (Wildman–Crippen LogP) is 1.50. The Morgan fingerprint density at radius 3 is 2.86 bits per heavy atom. The summed E-state index contributed by atoms with van der Waals surface area (Å²) in [5.41, 5.74) is 4.28. The second-order valence-electron chi connectivity index (χ2n) is 3.10. The number of hydrazine groups is 1. The number of anilines is 1. The summed E-state index contributed by atoms with van der Waals surface area (Å²) < 4.78 is 6.24. The largest absolute Gasteiger partial charge is 0.379 e. The fraction of sp³-hybridized carbons (Fsp3) is 0.444. The summed E-state index contributed by atoms with van der Waals surface area (Å²) in [6, 6.07) is 2.00. The van der Waals surface area contributed by atoms with Crippen LogP contribution in [0.25, 0.3) is 0 Å². The lowest BCUT2D eigenvalue weighted by molar-refractivity contribution is 0.0497. The first-order valence-electron chi connectivity index (χ1n) is 4.54. The van der Waals surface area contributed by atoms with Gasteiger partial charge in [-0.25, -0.2) is 5.01 Å². The van der Waals surface area contributed by atoms with Gasteiger partial charge in [-0.15, -0.1) is 0 Å². The standard InChI is InChI=1S/C9H12BrN3O/c10-8-5-9(7-11-6-8)12-13-1-3-14-4-2-13/h5-7,12H,1-4H2. The van der Waals surface area contributed by atoms with Crippen molar-refractivity contribution in [2.24, 2.45) is 0 Å². The highest BCUT2D eigenvalue weighted by Gasteiger charge is 2.09. The first kappa shape index (κ1) is 9.89. The number of morpholine rings is 1. The molecule has 0 saturated carbocycles. The van der Waals surface area contributed by atoms with Crippen LogP contribution in [-0.4, -0.2) is 36.3 Å². The van der Waals surface area contributed by atoms with E-state index in [1.54, 1.807) is 12.4 Å². The zero-order chi connectivity index (χ0) is 9.80. The first-order valence-corrected chi connectivity index (χ1v) is 5.34. The molecule has 1 N–H and O–H groups in total. The smallest absolute Gasteiger partial charge is 0.0684 e. The number of hydrogen-bond donors (Lipinski definition) is 1. The van der Waals surface area contributed by atoms with Gasteiger partial charge < -0.3 is 10.2 Å². The molecular formula is C9H12BrN3O. The van der Waals surface area contributed by atoms with Crippen LogP contribution >= 0.6 is 15.9 Å². The van der Waals surface area contributed by atoms with Gasteiger partial charge in [0.05, 0.1) is 25.1 Å². The van der Waals surface area contributed by atoms with E-state index in [2.05, 4.69) is 31.3 Å². The summed E-state index contributed by atoms with van der Waals surface area (Å²) in [5.74, 6) is 0. The average molecular weight is 258 g/mol. The molecule has 0 amide bonds. The molecule has 1 saturated heterocycles. The van der Waals surface area contributed by atoms with Crippen molar-refractivity contribution in [1.82, 2.24) is 9.99 Å². The molecule has 0 spiro atoms. The predicted molar refractivity (Wildman–Crippen MR) is 58.0 cm³/mol. The number of rotatable bonds is 2. The number of nitrogens with one attached hydrogen (secondary N) is 1. The molecule has 2 rings (SSSR count). The third-order valence-electron chi connectivity index (χ3n) is 2.00. The summed E-state index contributed by atoms with van der Waals surface area (Å²) in [6.07, 6.45) is 3.57. The molecule has 0 unspecified atom stereocenters. The van der Waals surface area contributed by atoms with Crippen molar-refractivity contribution in [3.8, 4) is 0 Å². The Bertz CT molecular complexity index is 302. The molecule has 1 aliphatic rings. The lowest BCUT2D eigenvalue weighted by atomic mass is 10.4. The van der Waals surface area contributed by atoms with Gasteiger partial charge in [-0.2, -0.15) is 0 Å². The molecular weight excluding hydrogens is 246 g/mol. The first-order chi connectivity index (χ1) is 6.84. The molecule has 14 heavy (non-hydrogen) atoms. The number of ether oxygens (including phenoxy) is 1. The van der Waals surface area contributed by atoms with Gasteiger partial charge in [0, 0.05) is 23.8 Å². The number of hydrogen-bond acceptors (Lipinski definition) is 4. The maximum Gasteiger partial charge on any atom is 0.0684 e. The van der Waals surface area contributed by atoms with E-state index in [9.17, 15) is 0 Å². The van der Waals surface area contributed by atoms with E-state index in [1.807, 2.05) is 6.07 Å². The van der Waals surface area contributed by atoms with Crippen LogP contribution in [0.15, 0.2) is 22.9 Å². The van der Waals surface area contributed by atoms with E-state index in [0.29, 0.717) is 0 Å². The molecule has 1 aliphatic heterocycles. The Hall–Kier alpha value is -0.650. The molecule has 76 valence electrons. The van der Waals surface area contributed by atoms with Gasteiger partial charge in [-0.3, -0.25) is 4.98 Å². The van der Waals surface area contributed by atoms with Crippen LogP contribution in [0, 0.1) is 0 Å². The van der Waals surface area contributed by atoms with Crippen LogP contribution in [0.4, 0.5) is 5.69 Å². The SMILES string of the molecule is Brc1cncc(NN2CCOCC2)c1. The fourth-order valence-electron chi connectivity index (χ4n) is 1.33. The summed E-state index contributed by atoms with van der Waals surface area (Å²) in [6.45, 7) is 3.39. The summed E-state index contributed by atoms with van der Waals surface area (Å²) >= 11 is 3.38. The Morgan fingerprint density at radius 1 is 1.36 bits per heavy atom. The monoisotopic (exact) mass is 257 g/mol. The van der Waals surface area contributed by atoms with E-state index in [-0.39, 0.29) is 0 Å². The number of aromatic nitrogens is 1. The Labute approximate surface area is 91.4 Å². The number of halogens is 1. The van der Waals surface area contributed by atoms with Gasteiger partial charge in [-0.05, 0) is 22.0 Å². The van der Waals surface area contributed by atoms with E-state index in [4.69, 9.17) is 4.74 Å². The second kappa shape index (κ2) is 4.72. The summed E-state index contributed by atoms with van der Waals surface area (Å²) in [5, 5.41) is 2.13. The van der Waals surface area contributed by atoms with E-state index in [1.165, 1.54) is 0 Å². The molecule has 1 fully saturated rings. The van der Waals surface area contributed by atoms with E-state index in [0.717, 1.165) is 36.5 Å². The molecule has 5 heteroatoms. The van der Waals surface area contributed by atoms with Gasteiger partial charge in [0.15, 0.2) is 0 Å². The van der Waals surface area contributed by atoms with Crippen LogP contribution in [0.5, 0.6) is 0 Å². The van der Waals surface area contributed by atoms with Gasteiger partial charge in [0.1, 0.15) is 0 Å². The maximum absolute atomic E-state index is 5.25. The maximum atomic E-state index is 5.25. The van der Waals surface area contributed by atoms with Crippen LogP contribution in [0.1, 0.15) is 0 Å². The van der Waals surface area contributed by atoms with Crippen molar-refractivity contribution >= 4 is 21.6 Å². The van der Waals surface area contributed by atoms with Crippen molar-refractivity contribution in [2.45, 2.75) is 0 Å². The van der Waals surface area contributed by atoms with Gasteiger partial charge in [0.2, 0.25) is 0 Å². The molecule has 0 atom stereocenters. The minimum absolute atomic E-state index is 0.786. The molecule has 4 nitrogen and oxygen atoms in total. The Morgan fingerprint density at radius 2 is 2.14 bits per heavy atom. The molecule has 1 aromatic rings. The Kier molecular flexibility index (Phi) is 3.34. The lowest BCUT2D eigenvalue weighted by Crippen LogP contribution is -2.40. The number of pyridine rings is 1. The molecule has 0 radical (unpaired) electrons. The van der Waals surface area contributed by atoms with Crippen LogP contribution < -0.4 is 5.43 Å². The van der Waals surface area contributed by atoms with Gasteiger partial charge in [0.25, 0.3) is 0 Å². The van der Waals surface area contributed by atoms with Crippen LogP contribution in [0.3, 0.4) is 0 Å². The van der Waals surface area contributed by atoms with Crippen LogP contribution in [0.2, 0.25) is 0 Å². The zero-order valence-corrected chi connectivity index (χ0v) is 9.33. The second-order valence-corrected chi connectivity index (χ2v) is 4.02. The van der Waals surface area contributed by atoms with Gasteiger partial charge >= 0.3 is 0 Å². The molecule has 0 aliphatic carbocycles.